The summed E-state index contributed by atoms with van der Waals surface area (Å²) < 4.78 is 0. The molecule has 0 saturated heterocycles. The third-order valence-corrected chi connectivity index (χ3v) is 3.93. The standard InChI is InChI=1S/C15H31N3O/c1-11(2)14(10-18(4)5)16-12(3)15(19)17-13-8-6-7-9-13/h11-14,16H,6-10H2,1-5H3,(H,17,19). The molecular formula is C15H31N3O. The van der Waals surface area contributed by atoms with Crippen molar-refractivity contribution in [1.29, 1.82) is 0 Å². The predicted molar refractivity (Wildman–Crippen MR) is 80.2 cm³/mol. The Hall–Kier alpha value is -0.610. The van der Waals surface area contributed by atoms with E-state index < -0.39 is 0 Å². The minimum atomic E-state index is -0.118. The Labute approximate surface area is 118 Å². The lowest BCUT2D eigenvalue weighted by Gasteiger charge is -2.29. The van der Waals surface area contributed by atoms with Gasteiger partial charge in [-0.15, -0.1) is 0 Å². The van der Waals surface area contributed by atoms with Gasteiger partial charge in [0.05, 0.1) is 6.04 Å². The number of amides is 1. The number of nitrogens with one attached hydrogen (secondary N) is 2. The number of hydrogen-bond acceptors (Lipinski definition) is 3. The van der Waals surface area contributed by atoms with Gasteiger partial charge in [0.2, 0.25) is 5.91 Å². The van der Waals surface area contributed by atoms with Gasteiger partial charge < -0.3 is 15.5 Å². The van der Waals surface area contributed by atoms with Gasteiger partial charge >= 0.3 is 0 Å². The Morgan fingerprint density at radius 3 is 2.26 bits per heavy atom. The second-order valence-electron chi connectivity index (χ2n) is 6.49. The number of carbonyl (C=O) groups excluding carboxylic acids is 1. The summed E-state index contributed by atoms with van der Waals surface area (Å²) in [4.78, 5) is 14.3. The number of hydrogen-bond donors (Lipinski definition) is 2. The van der Waals surface area contributed by atoms with E-state index in [-0.39, 0.29) is 11.9 Å². The van der Waals surface area contributed by atoms with Gasteiger partial charge in [0.25, 0.3) is 0 Å². The van der Waals surface area contributed by atoms with Gasteiger partial charge in [0.15, 0.2) is 0 Å². The van der Waals surface area contributed by atoms with Crippen molar-refractivity contribution in [1.82, 2.24) is 15.5 Å². The van der Waals surface area contributed by atoms with E-state index in [1.807, 2.05) is 6.92 Å². The molecule has 0 heterocycles. The van der Waals surface area contributed by atoms with E-state index in [1.54, 1.807) is 0 Å². The maximum absolute atomic E-state index is 12.2. The van der Waals surface area contributed by atoms with Crippen LogP contribution in [0.5, 0.6) is 0 Å². The molecule has 2 atom stereocenters. The molecule has 0 aromatic rings. The van der Waals surface area contributed by atoms with Crippen LogP contribution in [0.1, 0.15) is 46.5 Å². The van der Waals surface area contributed by atoms with E-state index in [4.69, 9.17) is 0 Å². The smallest absolute Gasteiger partial charge is 0.237 e. The molecule has 4 nitrogen and oxygen atoms in total. The van der Waals surface area contributed by atoms with Gasteiger partial charge in [-0.05, 0) is 39.8 Å². The van der Waals surface area contributed by atoms with Crippen LogP contribution in [0, 0.1) is 5.92 Å². The first-order valence-corrected chi connectivity index (χ1v) is 7.61. The first kappa shape index (κ1) is 16.4. The molecule has 2 unspecified atom stereocenters. The number of rotatable bonds is 7. The van der Waals surface area contributed by atoms with Crippen molar-refractivity contribution in [2.24, 2.45) is 5.92 Å². The van der Waals surface area contributed by atoms with Gasteiger partial charge in [-0.25, -0.2) is 0 Å². The maximum Gasteiger partial charge on any atom is 0.237 e. The molecule has 0 bridgehead atoms. The molecule has 1 fully saturated rings. The highest BCUT2D eigenvalue weighted by molar-refractivity contribution is 5.81. The Morgan fingerprint density at radius 2 is 1.79 bits per heavy atom. The monoisotopic (exact) mass is 269 g/mol. The van der Waals surface area contributed by atoms with Crippen LogP contribution in [0.25, 0.3) is 0 Å². The summed E-state index contributed by atoms with van der Waals surface area (Å²) in [5.41, 5.74) is 0. The lowest BCUT2D eigenvalue weighted by atomic mass is 10.0. The highest BCUT2D eigenvalue weighted by atomic mass is 16.2. The molecule has 1 amide bonds. The fraction of sp³-hybridized carbons (Fsp3) is 0.933. The van der Waals surface area contributed by atoms with Crippen molar-refractivity contribution in [3.05, 3.63) is 0 Å². The van der Waals surface area contributed by atoms with Crippen LogP contribution in [-0.2, 0) is 4.79 Å². The van der Waals surface area contributed by atoms with Gasteiger partial charge in [-0.1, -0.05) is 26.7 Å². The second kappa shape index (κ2) is 7.85. The summed E-state index contributed by atoms with van der Waals surface area (Å²) in [5, 5.41) is 6.63. The van der Waals surface area contributed by atoms with Crippen LogP contribution in [0.15, 0.2) is 0 Å². The van der Waals surface area contributed by atoms with Crippen LogP contribution in [0.2, 0.25) is 0 Å². The molecule has 112 valence electrons. The van der Waals surface area contributed by atoms with E-state index >= 15 is 0 Å². The van der Waals surface area contributed by atoms with E-state index in [0.717, 1.165) is 19.4 Å². The SMILES string of the molecule is CC(NC(CN(C)C)C(C)C)C(=O)NC1CCCC1. The molecule has 2 N–H and O–H groups in total. The van der Waals surface area contributed by atoms with Crippen molar-refractivity contribution in [3.8, 4) is 0 Å². The quantitative estimate of drug-likeness (QED) is 0.738. The van der Waals surface area contributed by atoms with Crippen molar-refractivity contribution < 1.29 is 4.79 Å². The van der Waals surface area contributed by atoms with Gasteiger partial charge in [-0.3, -0.25) is 4.79 Å². The largest absolute Gasteiger partial charge is 0.352 e. The average molecular weight is 269 g/mol. The fourth-order valence-corrected chi connectivity index (χ4v) is 2.64. The van der Waals surface area contributed by atoms with E-state index in [9.17, 15) is 4.79 Å². The molecule has 1 aliphatic carbocycles. The van der Waals surface area contributed by atoms with Crippen molar-refractivity contribution in [2.45, 2.75) is 64.6 Å². The first-order valence-electron chi connectivity index (χ1n) is 7.61. The summed E-state index contributed by atoms with van der Waals surface area (Å²) in [5.74, 6) is 0.667. The molecule has 0 radical (unpaired) electrons. The fourth-order valence-electron chi connectivity index (χ4n) is 2.64. The van der Waals surface area contributed by atoms with E-state index in [2.05, 4.69) is 43.5 Å². The minimum Gasteiger partial charge on any atom is -0.352 e. The molecule has 0 spiro atoms. The van der Waals surface area contributed by atoms with Crippen molar-refractivity contribution in [3.63, 3.8) is 0 Å². The van der Waals surface area contributed by atoms with Crippen molar-refractivity contribution in [2.75, 3.05) is 20.6 Å². The van der Waals surface area contributed by atoms with Gasteiger partial charge in [0, 0.05) is 18.6 Å². The lowest BCUT2D eigenvalue weighted by Crippen LogP contribution is -2.52. The molecule has 0 aromatic carbocycles. The molecule has 19 heavy (non-hydrogen) atoms. The zero-order valence-electron chi connectivity index (χ0n) is 13.2. The molecule has 1 aliphatic rings. The Kier molecular flexibility index (Phi) is 6.80. The Bertz CT molecular complexity index is 273. The topological polar surface area (TPSA) is 44.4 Å². The molecular weight excluding hydrogens is 238 g/mol. The van der Waals surface area contributed by atoms with Gasteiger partial charge in [-0.2, -0.15) is 0 Å². The number of nitrogens with zero attached hydrogens (tertiary/aromatic N) is 1. The summed E-state index contributed by atoms with van der Waals surface area (Å²) >= 11 is 0. The first-order chi connectivity index (χ1) is 8.90. The zero-order valence-corrected chi connectivity index (χ0v) is 13.2. The van der Waals surface area contributed by atoms with Crippen LogP contribution >= 0.6 is 0 Å². The highest BCUT2D eigenvalue weighted by Crippen LogP contribution is 2.17. The average Bonchev–Trinajstić information content (AvgIpc) is 2.79. The maximum atomic E-state index is 12.2. The van der Waals surface area contributed by atoms with E-state index in [1.165, 1.54) is 12.8 Å². The van der Waals surface area contributed by atoms with Crippen LogP contribution in [0.4, 0.5) is 0 Å². The zero-order chi connectivity index (χ0) is 14.4. The summed E-state index contributed by atoms with van der Waals surface area (Å²) in [6.45, 7) is 7.32. The summed E-state index contributed by atoms with van der Waals surface area (Å²) in [7, 11) is 4.14. The summed E-state index contributed by atoms with van der Waals surface area (Å²) in [6.07, 6.45) is 4.79. The highest BCUT2D eigenvalue weighted by Gasteiger charge is 2.23. The second-order valence-corrected chi connectivity index (χ2v) is 6.49. The van der Waals surface area contributed by atoms with Gasteiger partial charge in [0.1, 0.15) is 0 Å². The lowest BCUT2D eigenvalue weighted by molar-refractivity contribution is -0.123. The van der Waals surface area contributed by atoms with E-state index in [0.29, 0.717) is 18.0 Å². The van der Waals surface area contributed by atoms with Crippen LogP contribution in [-0.4, -0.2) is 49.6 Å². The normalized spacial score (nSPS) is 19.9. The Morgan fingerprint density at radius 1 is 1.21 bits per heavy atom. The molecule has 0 aromatic heterocycles. The molecule has 0 aliphatic heterocycles. The van der Waals surface area contributed by atoms with Crippen molar-refractivity contribution >= 4 is 5.91 Å². The third-order valence-electron chi connectivity index (χ3n) is 3.93. The number of carbonyl (C=O) groups is 1. The minimum absolute atomic E-state index is 0.118. The molecule has 1 saturated carbocycles. The Balaban J connectivity index is 2.41. The predicted octanol–water partition coefficient (Wildman–Crippen LogP) is 1.61. The molecule has 4 heteroatoms. The van der Waals surface area contributed by atoms with Crippen LogP contribution in [0.3, 0.4) is 0 Å². The molecule has 1 rings (SSSR count). The summed E-state index contributed by atoms with van der Waals surface area (Å²) in [6, 6.07) is 0.635. The van der Waals surface area contributed by atoms with Crippen LogP contribution < -0.4 is 10.6 Å². The third kappa shape index (κ3) is 5.91. The number of likely N-dealkylation sites (N-methyl/N-ethyl adjacent to an activating group) is 1.